The van der Waals surface area contributed by atoms with Crippen LogP contribution in [0.5, 0.6) is 5.75 Å². The summed E-state index contributed by atoms with van der Waals surface area (Å²) in [5.41, 5.74) is 1.13. The standard InChI is InChI=1S/C14H20N2O2/c1-2-11-5-3-4-6-13(11)18-10-14(17)16-12-7-8-15-9-12/h3-6,12,15H,2,7-10H2,1H3,(H,16,17). The zero-order chi connectivity index (χ0) is 12.8. The third kappa shape index (κ3) is 3.47. The van der Waals surface area contributed by atoms with Gasteiger partial charge in [0.15, 0.2) is 6.61 Å². The SMILES string of the molecule is CCc1ccccc1OCC(=O)NC1CCNC1. The van der Waals surface area contributed by atoms with Crippen LogP contribution in [0.15, 0.2) is 24.3 Å². The summed E-state index contributed by atoms with van der Waals surface area (Å²) in [5, 5.41) is 6.17. The number of para-hydroxylation sites is 1. The summed E-state index contributed by atoms with van der Waals surface area (Å²) in [4.78, 5) is 11.7. The molecule has 1 aliphatic heterocycles. The minimum Gasteiger partial charge on any atom is -0.483 e. The Bertz CT molecular complexity index is 401. The first-order chi connectivity index (χ1) is 8.79. The van der Waals surface area contributed by atoms with Crippen molar-refractivity contribution < 1.29 is 9.53 Å². The van der Waals surface area contributed by atoms with Crippen molar-refractivity contribution >= 4 is 5.91 Å². The van der Waals surface area contributed by atoms with E-state index in [2.05, 4.69) is 17.6 Å². The molecule has 1 fully saturated rings. The molecule has 1 unspecified atom stereocenters. The molecule has 1 atom stereocenters. The average Bonchev–Trinajstić information content (AvgIpc) is 2.89. The second-order valence-electron chi connectivity index (χ2n) is 4.51. The number of nitrogens with one attached hydrogen (secondary N) is 2. The van der Waals surface area contributed by atoms with Crippen LogP contribution in [-0.2, 0) is 11.2 Å². The number of benzene rings is 1. The van der Waals surface area contributed by atoms with E-state index in [1.807, 2.05) is 24.3 Å². The lowest BCUT2D eigenvalue weighted by molar-refractivity contribution is -0.123. The molecule has 1 saturated heterocycles. The molecule has 98 valence electrons. The lowest BCUT2D eigenvalue weighted by Gasteiger charge is -2.13. The van der Waals surface area contributed by atoms with Gasteiger partial charge in [-0.1, -0.05) is 25.1 Å². The van der Waals surface area contributed by atoms with Crippen molar-refractivity contribution in [1.82, 2.24) is 10.6 Å². The zero-order valence-electron chi connectivity index (χ0n) is 10.7. The van der Waals surface area contributed by atoms with Crippen molar-refractivity contribution in [2.75, 3.05) is 19.7 Å². The maximum Gasteiger partial charge on any atom is 0.258 e. The van der Waals surface area contributed by atoms with Gasteiger partial charge >= 0.3 is 0 Å². The van der Waals surface area contributed by atoms with E-state index in [0.29, 0.717) is 0 Å². The van der Waals surface area contributed by atoms with Crippen molar-refractivity contribution in [3.63, 3.8) is 0 Å². The second-order valence-corrected chi connectivity index (χ2v) is 4.51. The van der Waals surface area contributed by atoms with Gasteiger partial charge in [-0.15, -0.1) is 0 Å². The summed E-state index contributed by atoms with van der Waals surface area (Å²) in [5.74, 6) is 0.759. The highest BCUT2D eigenvalue weighted by Gasteiger charge is 2.16. The highest BCUT2D eigenvalue weighted by molar-refractivity contribution is 5.77. The first-order valence-electron chi connectivity index (χ1n) is 6.50. The quantitative estimate of drug-likeness (QED) is 0.820. The van der Waals surface area contributed by atoms with Crippen LogP contribution >= 0.6 is 0 Å². The van der Waals surface area contributed by atoms with Crippen LogP contribution in [0, 0.1) is 0 Å². The van der Waals surface area contributed by atoms with Crippen molar-refractivity contribution in [3.8, 4) is 5.75 Å². The summed E-state index contributed by atoms with van der Waals surface area (Å²) in [7, 11) is 0. The first kappa shape index (κ1) is 12.9. The summed E-state index contributed by atoms with van der Waals surface area (Å²) in [6.07, 6.45) is 1.90. The molecule has 0 aliphatic carbocycles. The van der Waals surface area contributed by atoms with Crippen LogP contribution < -0.4 is 15.4 Å². The number of hydrogen-bond acceptors (Lipinski definition) is 3. The fourth-order valence-corrected chi connectivity index (χ4v) is 2.13. The minimum absolute atomic E-state index is 0.0467. The van der Waals surface area contributed by atoms with Crippen LogP contribution in [0.25, 0.3) is 0 Å². The van der Waals surface area contributed by atoms with Gasteiger partial charge in [-0.05, 0) is 31.0 Å². The smallest absolute Gasteiger partial charge is 0.258 e. The normalized spacial score (nSPS) is 18.6. The molecule has 1 aromatic carbocycles. The van der Waals surface area contributed by atoms with E-state index in [1.165, 1.54) is 0 Å². The summed E-state index contributed by atoms with van der Waals surface area (Å²) < 4.78 is 5.57. The molecule has 4 heteroatoms. The van der Waals surface area contributed by atoms with Crippen molar-refractivity contribution in [1.29, 1.82) is 0 Å². The van der Waals surface area contributed by atoms with Gasteiger partial charge in [-0.3, -0.25) is 4.79 Å². The lowest BCUT2D eigenvalue weighted by atomic mass is 10.1. The molecule has 0 bridgehead atoms. The predicted molar refractivity (Wildman–Crippen MR) is 70.7 cm³/mol. The minimum atomic E-state index is -0.0467. The number of rotatable bonds is 5. The molecule has 18 heavy (non-hydrogen) atoms. The van der Waals surface area contributed by atoms with Gasteiger partial charge in [0.25, 0.3) is 5.91 Å². The van der Waals surface area contributed by atoms with Crippen molar-refractivity contribution in [2.24, 2.45) is 0 Å². The molecule has 2 rings (SSSR count). The Hall–Kier alpha value is -1.55. The van der Waals surface area contributed by atoms with Crippen molar-refractivity contribution in [3.05, 3.63) is 29.8 Å². The highest BCUT2D eigenvalue weighted by atomic mass is 16.5. The van der Waals surface area contributed by atoms with E-state index < -0.39 is 0 Å². The fraction of sp³-hybridized carbons (Fsp3) is 0.500. The van der Waals surface area contributed by atoms with Crippen LogP contribution in [0.1, 0.15) is 18.9 Å². The Morgan fingerprint density at radius 2 is 2.33 bits per heavy atom. The topological polar surface area (TPSA) is 50.4 Å². The Kier molecular flexibility index (Phi) is 4.59. The predicted octanol–water partition coefficient (Wildman–Crippen LogP) is 1.11. The summed E-state index contributed by atoms with van der Waals surface area (Å²) >= 11 is 0. The Balaban J connectivity index is 1.81. The Labute approximate surface area is 108 Å². The maximum atomic E-state index is 11.7. The number of ether oxygens (including phenoxy) is 1. The maximum absolute atomic E-state index is 11.7. The third-order valence-corrected chi connectivity index (χ3v) is 3.14. The van der Waals surface area contributed by atoms with E-state index in [1.54, 1.807) is 0 Å². The molecule has 1 aromatic rings. The van der Waals surface area contributed by atoms with Gasteiger partial charge in [0.2, 0.25) is 0 Å². The van der Waals surface area contributed by atoms with Gasteiger partial charge < -0.3 is 15.4 Å². The van der Waals surface area contributed by atoms with Crippen LogP contribution in [0.2, 0.25) is 0 Å². The highest BCUT2D eigenvalue weighted by Crippen LogP contribution is 2.17. The van der Waals surface area contributed by atoms with Gasteiger partial charge in [0.1, 0.15) is 5.75 Å². The summed E-state index contributed by atoms with van der Waals surface area (Å²) in [6.45, 7) is 4.00. The molecular weight excluding hydrogens is 228 g/mol. The molecule has 4 nitrogen and oxygen atoms in total. The second kappa shape index (κ2) is 6.40. The van der Waals surface area contributed by atoms with E-state index in [-0.39, 0.29) is 18.6 Å². The molecule has 1 aliphatic rings. The van der Waals surface area contributed by atoms with Crippen molar-refractivity contribution in [2.45, 2.75) is 25.8 Å². The van der Waals surface area contributed by atoms with E-state index in [0.717, 1.165) is 37.2 Å². The molecular formula is C14H20N2O2. The van der Waals surface area contributed by atoms with E-state index >= 15 is 0 Å². The largest absolute Gasteiger partial charge is 0.483 e. The molecule has 0 saturated carbocycles. The monoisotopic (exact) mass is 248 g/mol. The molecule has 0 radical (unpaired) electrons. The Morgan fingerprint density at radius 1 is 1.50 bits per heavy atom. The number of carbonyl (C=O) groups is 1. The number of carbonyl (C=O) groups excluding carboxylic acids is 1. The van der Waals surface area contributed by atoms with E-state index in [9.17, 15) is 4.79 Å². The third-order valence-electron chi connectivity index (χ3n) is 3.14. The van der Waals surface area contributed by atoms with Crippen LogP contribution in [-0.4, -0.2) is 31.6 Å². The number of amides is 1. The number of aryl methyl sites for hydroxylation is 1. The molecule has 0 aromatic heterocycles. The fourth-order valence-electron chi connectivity index (χ4n) is 2.13. The lowest BCUT2D eigenvalue weighted by Crippen LogP contribution is -2.39. The number of hydrogen-bond donors (Lipinski definition) is 2. The van der Waals surface area contributed by atoms with Gasteiger partial charge in [-0.25, -0.2) is 0 Å². The van der Waals surface area contributed by atoms with Crippen LogP contribution in [0.4, 0.5) is 0 Å². The Morgan fingerprint density at radius 3 is 3.06 bits per heavy atom. The van der Waals surface area contributed by atoms with Gasteiger partial charge in [0.05, 0.1) is 0 Å². The molecule has 0 spiro atoms. The summed E-state index contributed by atoms with van der Waals surface area (Å²) in [6, 6.07) is 8.09. The van der Waals surface area contributed by atoms with Gasteiger partial charge in [-0.2, -0.15) is 0 Å². The average molecular weight is 248 g/mol. The molecule has 1 heterocycles. The molecule has 2 N–H and O–H groups in total. The molecule has 1 amide bonds. The van der Waals surface area contributed by atoms with E-state index in [4.69, 9.17) is 4.74 Å². The van der Waals surface area contributed by atoms with Crippen LogP contribution in [0.3, 0.4) is 0 Å². The first-order valence-corrected chi connectivity index (χ1v) is 6.50. The van der Waals surface area contributed by atoms with Gasteiger partial charge in [0, 0.05) is 12.6 Å². The zero-order valence-corrected chi connectivity index (χ0v) is 10.7.